The number of rotatable bonds is 4. The van der Waals surface area contributed by atoms with Crippen LogP contribution in [0.4, 0.5) is 18.9 Å². The highest BCUT2D eigenvalue weighted by atomic mass is 32.2. The largest absolute Gasteiger partial charge is 0.416 e. The smallest absolute Gasteiger partial charge is 0.363 e. The van der Waals surface area contributed by atoms with Crippen LogP contribution in [0.3, 0.4) is 0 Å². The Balaban J connectivity index is 2.28. The van der Waals surface area contributed by atoms with Crippen LogP contribution in [0.5, 0.6) is 0 Å². The zero-order valence-corrected chi connectivity index (χ0v) is 11.4. The van der Waals surface area contributed by atoms with E-state index in [4.69, 9.17) is 5.73 Å². The lowest BCUT2D eigenvalue weighted by atomic mass is 10.2. The van der Waals surface area contributed by atoms with Gasteiger partial charge in [-0.3, -0.25) is 4.72 Å². The third-order valence-corrected chi connectivity index (χ3v) is 4.05. The van der Waals surface area contributed by atoms with Crippen molar-refractivity contribution < 1.29 is 21.6 Å². The lowest BCUT2D eigenvalue weighted by Gasteiger charge is -2.10. The molecule has 1 aromatic carbocycles. The zero-order chi connectivity index (χ0) is 15.7. The molecule has 0 amide bonds. The summed E-state index contributed by atoms with van der Waals surface area (Å²) < 4.78 is 63.9. The maximum atomic E-state index is 12.6. The molecular weight excluding hydrogens is 307 g/mol. The topological polar surface area (TPSA) is 88.0 Å². The SMILES string of the molecule is NCc1cc(S(=O)(=O)Nc2cccc(C(F)(F)F)c2)c[nH]1. The third-order valence-electron chi connectivity index (χ3n) is 2.69. The van der Waals surface area contributed by atoms with E-state index in [1.807, 2.05) is 0 Å². The molecule has 2 rings (SSSR count). The van der Waals surface area contributed by atoms with Gasteiger partial charge in [-0.1, -0.05) is 6.07 Å². The van der Waals surface area contributed by atoms with Gasteiger partial charge in [-0.15, -0.1) is 0 Å². The number of halogens is 3. The average Bonchev–Trinajstić information content (AvgIpc) is 2.87. The predicted molar refractivity (Wildman–Crippen MR) is 70.9 cm³/mol. The van der Waals surface area contributed by atoms with Gasteiger partial charge in [0.05, 0.1) is 5.56 Å². The highest BCUT2D eigenvalue weighted by Crippen LogP contribution is 2.31. The first-order valence-corrected chi connectivity index (χ1v) is 7.28. The highest BCUT2D eigenvalue weighted by Gasteiger charge is 2.30. The molecule has 5 nitrogen and oxygen atoms in total. The maximum absolute atomic E-state index is 12.6. The number of H-pyrrole nitrogens is 1. The highest BCUT2D eigenvalue weighted by molar-refractivity contribution is 7.92. The van der Waals surface area contributed by atoms with E-state index in [-0.39, 0.29) is 17.1 Å². The monoisotopic (exact) mass is 319 g/mol. The fourth-order valence-electron chi connectivity index (χ4n) is 1.66. The van der Waals surface area contributed by atoms with Crippen LogP contribution in [-0.4, -0.2) is 13.4 Å². The van der Waals surface area contributed by atoms with E-state index in [2.05, 4.69) is 9.71 Å². The van der Waals surface area contributed by atoms with Crippen molar-refractivity contribution in [3.63, 3.8) is 0 Å². The van der Waals surface area contributed by atoms with Gasteiger partial charge in [-0.25, -0.2) is 8.42 Å². The summed E-state index contributed by atoms with van der Waals surface area (Å²) in [4.78, 5) is 2.56. The van der Waals surface area contributed by atoms with Crippen molar-refractivity contribution in [2.75, 3.05) is 4.72 Å². The minimum absolute atomic E-state index is 0.0969. The molecule has 0 saturated heterocycles. The van der Waals surface area contributed by atoms with E-state index in [9.17, 15) is 21.6 Å². The van der Waals surface area contributed by atoms with E-state index in [0.717, 1.165) is 18.2 Å². The Morgan fingerprint density at radius 3 is 2.52 bits per heavy atom. The van der Waals surface area contributed by atoms with Crippen molar-refractivity contribution >= 4 is 15.7 Å². The van der Waals surface area contributed by atoms with Gasteiger partial charge in [0.25, 0.3) is 10.0 Å². The van der Waals surface area contributed by atoms with Crippen molar-refractivity contribution in [1.82, 2.24) is 4.98 Å². The summed E-state index contributed by atoms with van der Waals surface area (Å²) in [6, 6.07) is 5.27. The second-order valence-corrected chi connectivity index (χ2v) is 5.93. The Labute approximate surface area is 119 Å². The van der Waals surface area contributed by atoms with E-state index in [1.54, 1.807) is 0 Å². The molecule has 0 aliphatic carbocycles. The number of nitrogens with one attached hydrogen (secondary N) is 2. The van der Waals surface area contributed by atoms with Crippen molar-refractivity contribution in [2.45, 2.75) is 17.6 Å². The van der Waals surface area contributed by atoms with Crippen LogP contribution in [-0.2, 0) is 22.7 Å². The average molecular weight is 319 g/mol. The van der Waals surface area contributed by atoms with Crippen molar-refractivity contribution in [3.05, 3.63) is 47.8 Å². The van der Waals surface area contributed by atoms with E-state index < -0.39 is 21.8 Å². The molecule has 0 radical (unpaired) electrons. The van der Waals surface area contributed by atoms with Crippen molar-refractivity contribution in [1.29, 1.82) is 0 Å². The van der Waals surface area contributed by atoms with E-state index in [1.165, 1.54) is 18.3 Å². The summed E-state index contributed by atoms with van der Waals surface area (Å²) in [6.07, 6.45) is -3.32. The molecule has 0 fully saturated rings. The van der Waals surface area contributed by atoms with Crippen molar-refractivity contribution in [3.8, 4) is 0 Å². The summed E-state index contributed by atoms with van der Waals surface area (Å²) in [6.45, 7) is 0.124. The first kappa shape index (κ1) is 15.4. The van der Waals surface area contributed by atoms with Crippen LogP contribution in [0.15, 0.2) is 41.4 Å². The third kappa shape index (κ3) is 3.56. The molecule has 1 aromatic heterocycles. The molecule has 1 heterocycles. The van der Waals surface area contributed by atoms with Gasteiger partial charge in [-0.05, 0) is 24.3 Å². The molecule has 21 heavy (non-hydrogen) atoms. The fraction of sp³-hybridized carbons (Fsp3) is 0.167. The number of anilines is 1. The van der Waals surface area contributed by atoms with Crippen LogP contribution >= 0.6 is 0 Å². The van der Waals surface area contributed by atoms with Gasteiger partial charge in [0.2, 0.25) is 0 Å². The standard InChI is InChI=1S/C12H12F3N3O2S/c13-12(14,15)8-2-1-3-9(4-8)18-21(19,20)11-5-10(6-16)17-7-11/h1-5,7,17-18H,6,16H2. The molecular formula is C12H12F3N3O2S. The Morgan fingerprint density at radius 1 is 1.24 bits per heavy atom. The van der Waals surface area contributed by atoms with Crippen LogP contribution in [0, 0.1) is 0 Å². The van der Waals surface area contributed by atoms with Gasteiger partial charge >= 0.3 is 6.18 Å². The summed E-state index contributed by atoms with van der Waals surface area (Å²) >= 11 is 0. The Bertz CT molecular complexity index is 738. The Kier molecular flexibility index (Phi) is 3.97. The molecule has 0 saturated carbocycles. The van der Waals surface area contributed by atoms with Crippen LogP contribution in [0.2, 0.25) is 0 Å². The normalized spacial score (nSPS) is 12.4. The van der Waals surface area contributed by atoms with Gasteiger partial charge in [-0.2, -0.15) is 13.2 Å². The maximum Gasteiger partial charge on any atom is 0.416 e. The molecule has 114 valence electrons. The molecule has 0 spiro atoms. The lowest BCUT2D eigenvalue weighted by Crippen LogP contribution is -2.13. The minimum Gasteiger partial charge on any atom is -0.363 e. The number of alkyl halides is 3. The molecule has 9 heteroatoms. The first-order valence-electron chi connectivity index (χ1n) is 5.80. The van der Waals surface area contributed by atoms with Crippen LogP contribution in [0.1, 0.15) is 11.3 Å². The quantitative estimate of drug-likeness (QED) is 0.808. The number of benzene rings is 1. The number of hydrogen-bond acceptors (Lipinski definition) is 3. The summed E-state index contributed by atoms with van der Waals surface area (Å²) in [7, 11) is -3.97. The van der Waals surface area contributed by atoms with Gasteiger partial charge in [0, 0.05) is 24.1 Å². The van der Waals surface area contributed by atoms with Gasteiger partial charge in [0.15, 0.2) is 0 Å². The number of hydrogen-bond donors (Lipinski definition) is 3. The predicted octanol–water partition coefficient (Wildman–Crippen LogP) is 2.29. The number of aromatic amines is 1. The fourth-order valence-corrected chi connectivity index (χ4v) is 2.73. The van der Waals surface area contributed by atoms with Crippen LogP contribution < -0.4 is 10.5 Å². The zero-order valence-electron chi connectivity index (χ0n) is 10.6. The second kappa shape index (κ2) is 5.41. The molecule has 0 aliphatic rings. The van der Waals surface area contributed by atoms with Crippen molar-refractivity contribution in [2.24, 2.45) is 5.73 Å². The Hall–Kier alpha value is -2.00. The Morgan fingerprint density at radius 2 is 1.95 bits per heavy atom. The number of sulfonamides is 1. The summed E-state index contributed by atoms with van der Waals surface area (Å²) in [5, 5.41) is 0. The minimum atomic E-state index is -4.54. The summed E-state index contributed by atoms with van der Waals surface area (Å²) in [5.74, 6) is 0. The molecule has 2 aromatic rings. The molecule has 0 atom stereocenters. The lowest BCUT2D eigenvalue weighted by molar-refractivity contribution is -0.137. The van der Waals surface area contributed by atoms with Crippen LogP contribution in [0.25, 0.3) is 0 Å². The summed E-state index contributed by atoms with van der Waals surface area (Å²) in [5.41, 5.74) is 4.76. The molecule has 4 N–H and O–H groups in total. The van der Waals surface area contributed by atoms with Gasteiger partial charge < -0.3 is 10.7 Å². The first-order chi connectivity index (χ1) is 9.72. The number of aromatic nitrogens is 1. The van der Waals surface area contributed by atoms with Gasteiger partial charge in [0.1, 0.15) is 4.90 Å². The molecule has 0 aliphatic heterocycles. The van der Waals surface area contributed by atoms with E-state index >= 15 is 0 Å². The molecule has 0 unspecified atom stereocenters. The number of nitrogens with two attached hydrogens (primary N) is 1. The van der Waals surface area contributed by atoms with E-state index in [0.29, 0.717) is 5.69 Å². The molecule has 0 bridgehead atoms. The second-order valence-electron chi connectivity index (χ2n) is 4.25.